The van der Waals surface area contributed by atoms with Crippen molar-refractivity contribution in [1.82, 2.24) is 5.06 Å². The van der Waals surface area contributed by atoms with E-state index in [-0.39, 0.29) is 11.4 Å². The molecule has 1 N–H and O–H groups in total. The molecule has 2 aromatic rings. The minimum Gasteiger partial charge on any atom is -0.497 e. The van der Waals surface area contributed by atoms with E-state index in [0.717, 1.165) is 11.5 Å². The summed E-state index contributed by atoms with van der Waals surface area (Å²) < 4.78 is 22.1. The van der Waals surface area contributed by atoms with Crippen LogP contribution < -0.4 is 18.9 Å². The van der Waals surface area contributed by atoms with E-state index in [9.17, 15) is 4.79 Å². The lowest BCUT2D eigenvalue weighted by Gasteiger charge is -2.23. The Kier molecular flexibility index (Phi) is 6.82. The molecule has 0 radical (unpaired) electrons. The summed E-state index contributed by atoms with van der Waals surface area (Å²) in [5.41, 5.74) is 0.793. The smallest absolute Gasteiger partial charge is 0.282 e. The SMILES string of the molecule is COc1ccc(OCCCOc2ccc(/C=C3/C(=N)N4OC(C)=CC4=NC3=O)cc2OC)cc1. The zero-order valence-corrected chi connectivity index (χ0v) is 19.2. The Morgan fingerprint density at radius 3 is 2.47 bits per heavy atom. The lowest BCUT2D eigenvalue weighted by atomic mass is 10.1. The van der Waals surface area contributed by atoms with Gasteiger partial charge in [-0.05, 0) is 55.0 Å². The minimum absolute atomic E-state index is 0.0701. The molecule has 2 aromatic carbocycles. The van der Waals surface area contributed by atoms with Crippen molar-refractivity contribution in [2.24, 2.45) is 4.99 Å². The second kappa shape index (κ2) is 10.1. The molecule has 9 heteroatoms. The third-order valence-electron chi connectivity index (χ3n) is 5.05. The lowest BCUT2D eigenvalue weighted by Crippen LogP contribution is -2.38. The van der Waals surface area contributed by atoms with Gasteiger partial charge in [-0.1, -0.05) is 6.07 Å². The van der Waals surface area contributed by atoms with Crippen LogP contribution in [0.15, 0.2) is 64.9 Å². The van der Waals surface area contributed by atoms with Gasteiger partial charge >= 0.3 is 0 Å². The summed E-state index contributed by atoms with van der Waals surface area (Å²) >= 11 is 0. The van der Waals surface area contributed by atoms with E-state index >= 15 is 0 Å². The summed E-state index contributed by atoms with van der Waals surface area (Å²) in [6, 6.07) is 12.7. The van der Waals surface area contributed by atoms with Gasteiger partial charge in [0.05, 0.1) is 33.0 Å². The van der Waals surface area contributed by atoms with E-state index in [1.165, 1.54) is 5.06 Å². The second-order valence-electron chi connectivity index (χ2n) is 7.46. The maximum absolute atomic E-state index is 12.4. The molecule has 9 nitrogen and oxygen atoms in total. The van der Waals surface area contributed by atoms with Gasteiger partial charge in [0.1, 0.15) is 17.3 Å². The van der Waals surface area contributed by atoms with Crippen LogP contribution in [0.4, 0.5) is 0 Å². The molecule has 0 aliphatic carbocycles. The van der Waals surface area contributed by atoms with Gasteiger partial charge in [0.2, 0.25) is 0 Å². The highest BCUT2D eigenvalue weighted by Gasteiger charge is 2.34. The van der Waals surface area contributed by atoms with Crippen LogP contribution in [0.3, 0.4) is 0 Å². The van der Waals surface area contributed by atoms with E-state index in [1.54, 1.807) is 51.5 Å². The molecule has 0 bridgehead atoms. The number of hydrogen-bond acceptors (Lipinski definition) is 7. The van der Waals surface area contributed by atoms with Crippen molar-refractivity contribution in [1.29, 1.82) is 5.41 Å². The van der Waals surface area contributed by atoms with Gasteiger partial charge in [0, 0.05) is 12.5 Å². The molecule has 0 saturated heterocycles. The number of nitrogens with one attached hydrogen (secondary N) is 1. The molecule has 0 spiro atoms. The molecule has 1 amide bonds. The number of aliphatic imine (C=N–C) groups is 1. The molecule has 0 unspecified atom stereocenters. The summed E-state index contributed by atoms with van der Waals surface area (Å²) in [6.45, 7) is 2.67. The molecule has 2 aliphatic rings. The summed E-state index contributed by atoms with van der Waals surface area (Å²) in [5.74, 6) is 2.93. The van der Waals surface area contributed by atoms with Crippen LogP contribution in [0, 0.1) is 5.41 Å². The van der Waals surface area contributed by atoms with Crippen LogP contribution in [0.2, 0.25) is 0 Å². The predicted molar refractivity (Wildman–Crippen MR) is 126 cm³/mol. The van der Waals surface area contributed by atoms with E-state index < -0.39 is 5.91 Å². The quantitative estimate of drug-likeness (QED) is 0.443. The second-order valence-corrected chi connectivity index (χ2v) is 7.46. The zero-order valence-electron chi connectivity index (χ0n) is 19.2. The highest BCUT2D eigenvalue weighted by atomic mass is 16.7. The van der Waals surface area contributed by atoms with Crippen molar-refractivity contribution in [3.05, 3.63) is 65.4 Å². The van der Waals surface area contributed by atoms with Gasteiger partial charge < -0.3 is 23.8 Å². The lowest BCUT2D eigenvalue weighted by molar-refractivity contribution is -0.114. The first-order chi connectivity index (χ1) is 16.5. The molecule has 0 aromatic heterocycles. The number of carbonyl (C=O) groups is 1. The Bertz CT molecular complexity index is 1180. The fourth-order valence-electron chi connectivity index (χ4n) is 3.36. The van der Waals surface area contributed by atoms with Gasteiger partial charge in [0.15, 0.2) is 23.2 Å². The van der Waals surface area contributed by atoms with Crippen molar-refractivity contribution < 1.29 is 28.6 Å². The van der Waals surface area contributed by atoms with E-state index in [4.69, 9.17) is 29.2 Å². The number of nitrogens with zero attached hydrogens (tertiary/aromatic N) is 2. The number of allylic oxidation sites excluding steroid dienone is 1. The van der Waals surface area contributed by atoms with E-state index in [1.807, 2.05) is 24.3 Å². The summed E-state index contributed by atoms with van der Waals surface area (Å²) in [6.07, 6.45) is 3.87. The minimum atomic E-state index is -0.498. The van der Waals surface area contributed by atoms with Crippen LogP contribution in [0.25, 0.3) is 6.08 Å². The molecule has 2 aliphatic heterocycles. The van der Waals surface area contributed by atoms with Crippen molar-refractivity contribution in [3.63, 3.8) is 0 Å². The van der Waals surface area contributed by atoms with Gasteiger partial charge in [-0.2, -0.15) is 4.99 Å². The van der Waals surface area contributed by atoms with Gasteiger partial charge in [-0.3, -0.25) is 10.2 Å². The first kappa shape index (κ1) is 22.9. The number of ether oxygens (including phenoxy) is 4. The highest BCUT2D eigenvalue weighted by Crippen LogP contribution is 2.30. The average Bonchev–Trinajstić information content (AvgIpc) is 3.22. The molecule has 4 rings (SSSR count). The molecule has 0 atom stereocenters. The standard InChI is InChI=1S/C25H25N3O6/c1-16-13-23-27-25(29)20(24(26)28(23)34-16)14-17-5-10-21(22(15-17)31-3)33-12-4-11-32-19-8-6-18(30-2)7-9-19/h5-10,13-15,26H,4,11-12H2,1-3H3/b20-14-,26-24?. The highest BCUT2D eigenvalue weighted by molar-refractivity contribution is 6.32. The van der Waals surface area contributed by atoms with Crippen LogP contribution in [-0.4, -0.2) is 50.1 Å². The van der Waals surface area contributed by atoms with Crippen LogP contribution in [0.5, 0.6) is 23.0 Å². The summed E-state index contributed by atoms with van der Waals surface area (Å²) in [5, 5.41) is 9.55. The molecule has 0 saturated carbocycles. The van der Waals surface area contributed by atoms with Gasteiger partial charge in [-0.25, -0.2) is 0 Å². The number of fused-ring (bicyclic) bond motifs is 1. The predicted octanol–water partition coefficient (Wildman–Crippen LogP) is 4.00. The fraction of sp³-hybridized carbons (Fsp3) is 0.240. The number of methoxy groups -OCH3 is 2. The van der Waals surface area contributed by atoms with Crippen LogP contribution in [0.1, 0.15) is 18.9 Å². The number of carbonyl (C=O) groups excluding carboxylic acids is 1. The summed E-state index contributed by atoms with van der Waals surface area (Å²) in [7, 11) is 3.17. The Labute approximate surface area is 197 Å². The monoisotopic (exact) mass is 463 g/mol. The van der Waals surface area contributed by atoms with Crippen molar-refractivity contribution in [3.8, 4) is 23.0 Å². The summed E-state index contributed by atoms with van der Waals surface area (Å²) in [4.78, 5) is 21.9. The average molecular weight is 463 g/mol. The fourth-order valence-corrected chi connectivity index (χ4v) is 3.36. The number of amidine groups is 2. The maximum atomic E-state index is 12.4. The first-order valence-corrected chi connectivity index (χ1v) is 10.7. The van der Waals surface area contributed by atoms with Crippen molar-refractivity contribution in [2.45, 2.75) is 13.3 Å². The topological polar surface area (TPSA) is 103 Å². The van der Waals surface area contributed by atoms with Gasteiger partial charge in [-0.15, -0.1) is 5.06 Å². The third kappa shape index (κ3) is 5.03. The molecule has 0 fully saturated rings. The van der Waals surface area contributed by atoms with E-state index in [0.29, 0.717) is 48.3 Å². The van der Waals surface area contributed by atoms with Crippen LogP contribution >= 0.6 is 0 Å². The number of hydroxylamine groups is 2. The molecular weight excluding hydrogens is 438 g/mol. The molecule has 34 heavy (non-hydrogen) atoms. The number of hydrogen-bond donors (Lipinski definition) is 1. The Hall–Kier alpha value is -4.27. The maximum Gasteiger partial charge on any atom is 0.282 e. The Balaban J connectivity index is 1.35. The van der Waals surface area contributed by atoms with E-state index in [2.05, 4.69) is 4.99 Å². The molecular formula is C25H25N3O6. The van der Waals surface area contributed by atoms with Gasteiger partial charge in [0.25, 0.3) is 5.91 Å². The first-order valence-electron chi connectivity index (χ1n) is 10.7. The normalized spacial score (nSPS) is 16.0. The Morgan fingerprint density at radius 1 is 1.00 bits per heavy atom. The molecule has 2 heterocycles. The third-order valence-corrected chi connectivity index (χ3v) is 5.05. The van der Waals surface area contributed by atoms with Crippen molar-refractivity contribution >= 4 is 23.7 Å². The molecule has 176 valence electrons. The largest absolute Gasteiger partial charge is 0.497 e. The number of benzene rings is 2. The zero-order chi connectivity index (χ0) is 24.1. The van der Waals surface area contributed by atoms with Crippen molar-refractivity contribution in [2.75, 3.05) is 27.4 Å². The number of amides is 1. The van der Waals surface area contributed by atoms with Crippen LogP contribution in [-0.2, 0) is 9.63 Å². The Morgan fingerprint density at radius 2 is 1.74 bits per heavy atom. The number of rotatable bonds is 9.